The van der Waals surface area contributed by atoms with Crippen molar-refractivity contribution in [2.75, 3.05) is 6.54 Å². The minimum Gasteiger partial charge on any atom is -0.473 e. The lowest BCUT2D eigenvalue weighted by Crippen LogP contribution is -2.13. The number of hydrogen-bond acceptors (Lipinski definition) is 3. The summed E-state index contributed by atoms with van der Waals surface area (Å²) in [5.74, 6) is 0.680. The zero-order valence-electron chi connectivity index (χ0n) is 11.3. The van der Waals surface area contributed by atoms with Gasteiger partial charge in [-0.3, -0.25) is 0 Å². The summed E-state index contributed by atoms with van der Waals surface area (Å²) in [4.78, 5) is 4.23. The molecule has 0 amide bonds. The Kier molecular flexibility index (Phi) is 5.38. The van der Waals surface area contributed by atoms with Crippen LogP contribution in [0.3, 0.4) is 0 Å². The van der Waals surface area contributed by atoms with E-state index in [-0.39, 0.29) is 0 Å². The molecule has 0 aliphatic rings. The smallest absolute Gasteiger partial charge is 0.213 e. The van der Waals surface area contributed by atoms with Crippen molar-refractivity contribution < 1.29 is 4.74 Å². The molecule has 3 heteroatoms. The minimum absolute atomic E-state index is 0.555. The molecular weight excluding hydrogens is 236 g/mol. The van der Waals surface area contributed by atoms with Gasteiger partial charge in [0.1, 0.15) is 6.61 Å². The second kappa shape index (κ2) is 7.54. The van der Waals surface area contributed by atoms with E-state index in [0.717, 1.165) is 25.1 Å². The van der Waals surface area contributed by atoms with Crippen LogP contribution in [-0.2, 0) is 13.2 Å². The Labute approximate surface area is 114 Å². The quantitative estimate of drug-likeness (QED) is 0.773. The Morgan fingerprint density at radius 2 is 1.95 bits per heavy atom. The second-order valence-corrected chi connectivity index (χ2v) is 4.45. The molecule has 0 bridgehead atoms. The van der Waals surface area contributed by atoms with Crippen LogP contribution in [0.4, 0.5) is 0 Å². The van der Waals surface area contributed by atoms with Gasteiger partial charge in [-0.2, -0.15) is 0 Å². The molecule has 0 saturated heterocycles. The van der Waals surface area contributed by atoms with Gasteiger partial charge in [-0.1, -0.05) is 37.3 Å². The summed E-state index contributed by atoms with van der Waals surface area (Å²) >= 11 is 0. The number of benzene rings is 1. The molecule has 2 rings (SSSR count). The summed E-state index contributed by atoms with van der Waals surface area (Å²) in [5.41, 5.74) is 2.35. The van der Waals surface area contributed by atoms with E-state index in [0.29, 0.717) is 12.5 Å². The predicted octanol–water partition coefficient (Wildman–Crippen LogP) is 3.16. The van der Waals surface area contributed by atoms with Crippen LogP contribution in [0.1, 0.15) is 24.5 Å². The molecule has 0 aliphatic carbocycles. The van der Waals surface area contributed by atoms with E-state index in [2.05, 4.69) is 17.2 Å². The van der Waals surface area contributed by atoms with Gasteiger partial charge in [-0.05, 0) is 30.2 Å². The lowest BCUT2D eigenvalue weighted by molar-refractivity contribution is 0.293. The van der Waals surface area contributed by atoms with Crippen LogP contribution in [-0.4, -0.2) is 11.5 Å². The zero-order chi connectivity index (χ0) is 13.3. The zero-order valence-corrected chi connectivity index (χ0v) is 11.3. The van der Waals surface area contributed by atoms with Gasteiger partial charge < -0.3 is 10.1 Å². The van der Waals surface area contributed by atoms with Gasteiger partial charge in [0, 0.05) is 18.8 Å². The molecule has 0 saturated carbocycles. The van der Waals surface area contributed by atoms with E-state index in [9.17, 15) is 0 Å². The maximum Gasteiger partial charge on any atom is 0.213 e. The van der Waals surface area contributed by atoms with Crippen molar-refractivity contribution in [2.24, 2.45) is 0 Å². The highest BCUT2D eigenvalue weighted by molar-refractivity contribution is 5.21. The van der Waals surface area contributed by atoms with E-state index in [1.165, 1.54) is 5.56 Å². The topological polar surface area (TPSA) is 34.2 Å². The van der Waals surface area contributed by atoms with Crippen LogP contribution < -0.4 is 10.1 Å². The number of rotatable bonds is 7. The first-order valence-corrected chi connectivity index (χ1v) is 6.71. The van der Waals surface area contributed by atoms with E-state index >= 15 is 0 Å². The highest BCUT2D eigenvalue weighted by atomic mass is 16.5. The fourth-order valence-corrected chi connectivity index (χ4v) is 1.78. The Hall–Kier alpha value is -1.87. The number of nitrogens with zero attached hydrogens (tertiary/aromatic N) is 1. The number of pyridine rings is 1. The highest BCUT2D eigenvalue weighted by Gasteiger charge is 1.99. The van der Waals surface area contributed by atoms with Crippen LogP contribution in [0.15, 0.2) is 48.7 Å². The van der Waals surface area contributed by atoms with Crippen molar-refractivity contribution in [3.63, 3.8) is 0 Å². The summed E-state index contributed by atoms with van der Waals surface area (Å²) in [7, 11) is 0. The molecule has 100 valence electrons. The third-order valence-corrected chi connectivity index (χ3v) is 2.78. The standard InChI is InChI=1S/C16H20N2O/c1-2-9-17-12-15-8-10-18-16(11-15)19-13-14-6-4-3-5-7-14/h3-8,10-11,17H,2,9,12-13H2,1H3. The second-order valence-electron chi connectivity index (χ2n) is 4.45. The van der Waals surface area contributed by atoms with Crippen molar-refractivity contribution in [3.05, 3.63) is 59.8 Å². The van der Waals surface area contributed by atoms with E-state index in [1.807, 2.05) is 42.5 Å². The number of ether oxygens (including phenoxy) is 1. The van der Waals surface area contributed by atoms with Crippen LogP contribution >= 0.6 is 0 Å². The molecule has 0 aliphatic heterocycles. The normalized spacial score (nSPS) is 10.4. The summed E-state index contributed by atoms with van der Waals surface area (Å²) in [5, 5.41) is 3.37. The van der Waals surface area contributed by atoms with E-state index < -0.39 is 0 Å². The van der Waals surface area contributed by atoms with Crippen molar-refractivity contribution in [1.82, 2.24) is 10.3 Å². The average Bonchev–Trinajstić information content (AvgIpc) is 2.47. The average molecular weight is 256 g/mol. The first-order valence-electron chi connectivity index (χ1n) is 6.71. The molecule has 1 N–H and O–H groups in total. The molecule has 1 aromatic carbocycles. The largest absolute Gasteiger partial charge is 0.473 e. The van der Waals surface area contributed by atoms with Gasteiger partial charge >= 0.3 is 0 Å². The molecule has 0 fully saturated rings. The van der Waals surface area contributed by atoms with Crippen molar-refractivity contribution in [3.8, 4) is 5.88 Å². The lowest BCUT2D eigenvalue weighted by atomic mass is 10.2. The van der Waals surface area contributed by atoms with Gasteiger partial charge in [0.25, 0.3) is 0 Å². The van der Waals surface area contributed by atoms with Crippen LogP contribution in [0.25, 0.3) is 0 Å². The Morgan fingerprint density at radius 1 is 1.11 bits per heavy atom. The van der Waals surface area contributed by atoms with E-state index in [4.69, 9.17) is 4.74 Å². The predicted molar refractivity (Wildman–Crippen MR) is 77.0 cm³/mol. The summed E-state index contributed by atoms with van der Waals surface area (Å²) in [6.45, 7) is 4.61. The maximum atomic E-state index is 5.70. The number of hydrogen-bond donors (Lipinski definition) is 1. The monoisotopic (exact) mass is 256 g/mol. The Balaban J connectivity index is 1.88. The lowest BCUT2D eigenvalue weighted by Gasteiger charge is -2.07. The minimum atomic E-state index is 0.555. The third-order valence-electron chi connectivity index (χ3n) is 2.78. The molecule has 1 heterocycles. The van der Waals surface area contributed by atoms with Crippen LogP contribution in [0, 0.1) is 0 Å². The molecule has 19 heavy (non-hydrogen) atoms. The molecule has 0 radical (unpaired) electrons. The summed E-state index contributed by atoms with van der Waals surface area (Å²) in [6.07, 6.45) is 2.94. The molecule has 1 aromatic heterocycles. The van der Waals surface area contributed by atoms with Gasteiger partial charge in [-0.25, -0.2) is 4.98 Å². The number of nitrogens with one attached hydrogen (secondary N) is 1. The number of aromatic nitrogens is 1. The van der Waals surface area contributed by atoms with Gasteiger partial charge in [0.05, 0.1) is 0 Å². The van der Waals surface area contributed by atoms with Crippen molar-refractivity contribution in [2.45, 2.75) is 26.5 Å². The third kappa shape index (κ3) is 4.72. The van der Waals surface area contributed by atoms with Crippen molar-refractivity contribution in [1.29, 1.82) is 0 Å². The van der Waals surface area contributed by atoms with Crippen LogP contribution in [0.2, 0.25) is 0 Å². The Bertz CT molecular complexity index is 485. The molecule has 0 atom stereocenters. The fourth-order valence-electron chi connectivity index (χ4n) is 1.78. The highest BCUT2D eigenvalue weighted by Crippen LogP contribution is 2.11. The first-order chi connectivity index (χ1) is 9.38. The maximum absolute atomic E-state index is 5.70. The molecule has 3 nitrogen and oxygen atoms in total. The Morgan fingerprint density at radius 3 is 2.74 bits per heavy atom. The summed E-state index contributed by atoms with van der Waals surface area (Å²) < 4.78 is 5.70. The first kappa shape index (κ1) is 13.6. The van der Waals surface area contributed by atoms with Crippen molar-refractivity contribution >= 4 is 0 Å². The molecule has 0 unspecified atom stereocenters. The van der Waals surface area contributed by atoms with Gasteiger partial charge in [0.2, 0.25) is 5.88 Å². The van der Waals surface area contributed by atoms with Gasteiger partial charge in [-0.15, -0.1) is 0 Å². The molecule has 2 aromatic rings. The molecular formula is C16H20N2O. The molecule has 0 spiro atoms. The fraction of sp³-hybridized carbons (Fsp3) is 0.312. The SMILES string of the molecule is CCCNCc1ccnc(OCc2ccccc2)c1. The van der Waals surface area contributed by atoms with Gasteiger partial charge in [0.15, 0.2) is 0 Å². The van der Waals surface area contributed by atoms with E-state index in [1.54, 1.807) is 6.20 Å². The summed E-state index contributed by atoms with van der Waals surface area (Å²) in [6, 6.07) is 14.1. The van der Waals surface area contributed by atoms with Crippen LogP contribution in [0.5, 0.6) is 5.88 Å².